The van der Waals surface area contributed by atoms with Crippen LogP contribution in [0.3, 0.4) is 0 Å². The Bertz CT molecular complexity index is 292. The van der Waals surface area contributed by atoms with Crippen molar-refractivity contribution < 1.29 is 13.5 Å². The van der Waals surface area contributed by atoms with Crippen molar-refractivity contribution in [2.75, 3.05) is 13.6 Å². The Morgan fingerprint density at radius 2 is 2.00 bits per heavy atom. The van der Waals surface area contributed by atoms with Gasteiger partial charge < -0.3 is 5.11 Å². The molecule has 1 fully saturated rings. The normalized spacial score (nSPS) is 28.3. The molecule has 1 aliphatic rings. The number of nitrogens with one attached hydrogen (secondary N) is 1. The van der Waals surface area contributed by atoms with E-state index >= 15 is 0 Å². The molecule has 90 valence electrons. The van der Waals surface area contributed by atoms with Crippen molar-refractivity contribution in [2.45, 2.75) is 44.8 Å². The third-order valence-corrected chi connectivity index (χ3v) is 4.56. The molecule has 0 spiro atoms. The first-order chi connectivity index (χ1) is 6.97. The minimum Gasteiger partial charge on any atom is -0.391 e. The lowest BCUT2D eigenvalue weighted by molar-refractivity contribution is 0.100. The van der Waals surface area contributed by atoms with E-state index in [1.54, 1.807) is 6.92 Å². The summed E-state index contributed by atoms with van der Waals surface area (Å²) in [5.74, 6) is 0. The monoisotopic (exact) mass is 236 g/mol. The van der Waals surface area contributed by atoms with Crippen molar-refractivity contribution in [1.82, 2.24) is 9.03 Å². The molecule has 2 atom stereocenters. The van der Waals surface area contributed by atoms with Crippen LogP contribution in [-0.2, 0) is 10.2 Å². The molecule has 0 aromatic carbocycles. The Hall–Kier alpha value is -0.170. The number of hydrogen-bond acceptors (Lipinski definition) is 3. The van der Waals surface area contributed by atoms with Gasteiger partial charge >= 0.3 is 0 Å². The SMILES string of the molecule is CCN(C)S(=O)(=O)N[C@H]1CCCC[C@@H]1O. The van der Waals surface area contributed by atoms with Crippen molar-refractivity contribution in [1.29, 1.82) is 0 Å². The van der Waals surface area contributed by atoms with E-state index in [0.717, 1.165) is 19.3 Å². The van der Waals surface area contributed by atoms with Crippen LogP contribution in [0.1, 0.15) is 32.6 Å². The highest BCUT2D eigenvalue weighted by Gasteiger charge is 2.28. The van der Waals surface area contributed by atoms with Crippen LogP contribution in [0, 0.1) is 0 Å². The second-order valence-electron chi connectivity index (χ2n) is 4.00. The summed E-state index contributed by atoms with van der Waals surface area (Å²) in [6, 6.07) is -0.322. The Morgan fingerprint density at radius 1 is 1.40 bits per heavy atom. The number of aliphatic hydroxyl groups is 1. The molecule has 5 nitrogen and oxygen atoms in total. The maximum absolute atomic E-state index is 11.7. The summed E-state index contributed by atoms with van der Waals surface area (Å²) in [7, 11) is -1.89. The van der Waals surface area contributed by atoms with Crippen LogP contribution in [0.15, 0.2) is 0 Å². The number of nitrogens with zero attached hydrogens (tertiary/aromatic N) is 1. The van der Waals surface area contributed by atoms with Gasteiger partial charge in [0.15, 0.2) is 0 Å². The first-order valence-electron chi connectivity index (χ1n) is 5.39. The summed E-state index contributed by atoms with van der Waals surface area (Å²) in [5, 5.41) is 9.64. The van der Waals surface area contributed by atoms with Crippen LogP contribution in [0.25, 0.3) is 0 Å². The Morgan fingerprint density at radius 3 is 2.53 bits per heavy atom. The maximum Gasteiger partial charge on any atom is 0.279 e. The lowest BCUT2D eigenvalue weighted by Gasteiger charge is -2.29. The van der Waals surface area contributed by atoms with Crippen LogP contribution in [0.4, 0.5) is 0 Å². The van der Waals surface area contributed by atoms with Gasteiger partial charge in [0.1, 0.15) is 0 Å². The highest BCUT2D eigenvalue weighted by atomic mass is 32.2. The van der Waals surface area contributed by atoms with Crippen molar-refractivity contribution >= 4 is 10.2 Å². The third-order valence-electron chi connectivity index (χ3n) is 2.89. The van der Waals surface area contributed by atoms with Crippen LogP contribution < -0.4 is 4.72 Å². The molecule has 0 unspecified atom stereocenters. The van der Waals surface area contributed by atoms with Crippen molar-refractivity contribution in [3.05, 3.63) is 0 Å². The van der Waals surface area contributed by atoms with Gasteiger partial charge in [0, 0.05) is 19.6 Å². The van der Waals surface area contributed by atoms with Crippen molar-refractivity contribution in [3.8, 4) is 0 Å². The molecule has 15 heavy (non-hydrogen) atoms. The summed E-state index contributed by atoms with van der Waals surface area (Å²) in [6.07, 6.45) is 2.81. The average Bonchev–Trinajstić information content (AvgIpc) is 2.20. The number of hydrogen-bond donors (Lipinski definition) is 2. The third kappa shape index (κ3) is 3.41. The predicted octanol–water partition coefficient (Wildman–Crippen LogP) is 0.0760. The molecule has 0 aromatic rings. The second kappa shape index (κ2) is 5.25. The van der Waals surface area contributed by atoms with Crippen molar-refractivity contribution in [3.63, 3.8) is 0 Å². The van der Waals surface area contributed by atoms with Gasteiger partial charge in [-0.15, -0.1) is 0 Å². The molecule has 0 radical (unpaired) electrons. The van der Waals surface area contributed by atoms with Gasteiger partial charge in [-0.25, -0.2) is 0 Å². The molecule has 6 heteroatoms. The van der Waals surface area contributed by atoms with Crippen LogP contribution in [0.5, 0.6) is 0 Å². The van der Waals surface area contributed by atoms with Crippen LogP contribution in [-0.4, -0.2) is 43.6 Å². The minimum atomic E-state index is -3.42. The first kappa shape index (κ1) is 12.9. The molecular weight excluding hydrogens is 216 g/mol. The van der Waals surface area contributed by atoms with E-state index in [0.29, 0.717) is 13.0 Å². The maximum atomic E-state index is 11.7. The Balaban J connectivity index is 2.59. The summed E-state index contributed by atoms with van der Waals surface area (Å²) in [5.41, 5.74) is 0. The fraction of sp³-hybridized carbons (Fsp3) is 1.00. The molecule has 2 N–H and O–H groups in total. The molecule has 0 heterocycles. The minimum absolute atomic E-state index is 0.322. The lowest BCUT2D eigenvalue weighted by Crippen LogP contribution is -2.49. The Labute approximate surface area is 91.7 Å². The van der Waals surface area contributed by atoms with E-state index in [2.05, 4.69) is 4.72 Å². The van der Waals surface area contributed by atoms with Gasteiger partial charge in [0.05, 0.1) is 6.10 Å². The van der Waals surface area contributed by atoms with Gasteiger partial charge in [0.2, 0.25) is 0 Å². The number of aliphatic hydroxyl groups excluding tert-OH is 1. The average molecular weight is 236 g/mol. The highest BCUT2D eigenvalue weighted by Crippen LogP contribution is 2.19. The van der Waals surface area contributed by atoms with Gasteiger partial charge in [-0.05, 0) is 12.8 Å². The van der Waals surface area contributed by atoms with E-state index in [-0.39, 0.29) is 6.04 Å². The fourth-order valence-corrected chi connectivity index (χ4v) is 2.88. The summed E-state index contributed by atoms with van der Waals surface area (Å²) in [4.78, 5) is 0. The largest absolute Gasteiger partial charge is 0.391 e. The lowest BCUT2D eigenvalue weighted by atomic mass is 9.93. The topological polar surface area (TPSA) is 69.6 Å². The fourth-order valence-electron chi connectivity index (χ4n) is 1.70. The van der Waals surface area contributed by atoms with Gasteiger partial charge in [-0.3, -0.25) is 0 Å². The molecular formula is C9H20N2O3S. The van der Waals surface area contributed by atoms with Crippen molar-refractivity contribution in [2.24, 2.45) is 0 Å². The molecule has 0 bridgehead atoms. The smallest absolute Gasteiger partial charge is 0.279 e. The zero-order chi connectivity index (χ0) is 11.5. The predicted molar refractivity (Wildman–Crippen MR) is 58.6 cm³/mol. The van der Waals surface area contributed by atoms with E-state index in [1.165, 1.54) is 11.4 Å². The highest BCUT2D eigenvalue weighted by molar-refractivity contribution is 7.87. The van der Waals surface area contributed by atoms with Crippen LogP contribution in [0.2, 0.25) is 0 Å². The van der Waals surface area contributed by atoms with Gasteiger partial charge in [-0.1, -0.05) is 19.8 Å². The summed E-state index contributed by atoms with van der Waals surface area (Å²) >= 11 is 0. The molecule has 1 aliphatic carbocycles. The van der Waals surface area contributed by atoms with E-state index < -0.39 is 16.3 Å². The standard InChI is InChI=1S/C9H20N2O3S/c1-3-11(2)15(13,14)10-8-6-4-5-7-9(8)12/h8-10,12H,3-7H2,1-2H3/t8-,9-/m0/s1. The first-order valence-corrected chi connectivity index (χ1v) is 6.83. The Kier molecular flexibility index (Phi) is 4.51. The van der Waals surface area contributed by atoms with Gasteiger partial charge in [-0.2, -0.15) is 17.4 Å². The molecule has 0 saturated heterocycles. The van der Waals surface area contributed by atoms with E-state index in [9.17, 15) is 13.5 Å². The molecule has 0 aromatic heterocycles. The zero-order valence-electron chi connectivity index (χ0n) is 9.31. The summed E-state index contributed by atoms with van der Waals surface area (Å²) < 4.78 is 27.1. The quantitative estimate of drug-likeness (QED) is 0.726. The summed E-state index contributed by atoms with van der Waals surface area (Å²) in [6.45, 7) is 2.20. The van der Waals surface area contributed by atoms with E-state index in [4.69, 9.17) is 0 Å². The molecule has 1 saturated carbocycles. The number of rotatable bonds is 4. The molecule has 0 amide bonds. The van der Waals surface area contributed by atoms with Crippen LogP contribution >= 0.6 is 0 Å². The zero-order valence-corrected chi connectivity index (χ0v) is 10.1. The van der Waals surface area contributed by atoms with E-state index in [1.807, 2.05) is 0 Å². The second-order valence-corrected chi connectivity index (χ2v) is 5.80. The van der Waals surface area contributed by atoms with Gasteiger partial charge in [0.25, 0.3) is 10.2 Å². The molecule has 1 rings (SSSR count). The molecule has 0 aliphatic heterocycles.